The van der Waals surface area contributed by atoms with E-state index in [0.717, 1.165) is 6.26 Å². The summed E-state index contributed by atoms with van der Waals surface area (Å²) in [6.07, 6.45) is 4.46. The second-order valence-electron chi connectivity index (χ2n) is 6.73. The number of halogens is 3. The standard InChI is InChI=1S/C18H25F3O4S/c1-26(22,23)25-12-13-4-6-14(7-5-13)15-8-9-16(18(21)17(15)20)24-11-3-2-10-19/h8-9,13-14H,2-7,10-12H2,1H3. The molecule has 0 aliphatic heterocycles. The van der Waals surface area contributed by atoms with Crippen LogP contribution < -0.4 is 4.74 Å². The molecule has 8 heteroatoms. The van der Waals surface area contributed by atoms with Crippen LogP contribution in [-0.2, 0) is 14.3 Å². The van der Waals surface area contributed by atoms with Gasteiger partial charge in [-0.15, -0.1) is 0 Å². The fourth-order valence-electron chi connectivity index (χ4n) is 3.21. The molecule has 1 aliphatic rings. The number of benzene rings is 1. The molecule has 1 saturated carbocycles. The third-order valence-corrected chi connectivity index (χ3v) is 5.23. The van der Waals surface area contributed by atoms with Gasteiger partial charge in [0, 0.05) is 0 Å². The summed E-state index contributed by atoms with van der Waals surface area (Å²) in [5.41, 5.74) is 0.320. The molecular formula is C18H25F3O4S. The molecule has 1 aromatic carbocycles. The lowest BCUT2D eigenvalue weighted by molar-refractivity contribution is 0.204. The first kappa shape index (κ1) is 21.0. The van der Waals surface area contributed by atoms with Crippen molar-refractivity contribution in [3.63, 3.8) is 0 Å². The van der Waals surface area contributed by atoms with E-state index in [-0.39, 0.29) is 30.8 Å². The van der Waals surface area contributed by atoms with Crippen LogP contribution in [0.5, 0.6) is 5.75 Å². The maximum Gasteiger partial charge on any atom is 0.264 e. The van der Waals surface area contributed by atoms with Gasteiger partial charge < -0.3 is 4.74 Å². The van der Waals surface area contributed by atoms with Crippen LogP contribution in [0.2, 0.25) is 0 Å². The Kier molecular flexibility index (Phi) is 7.76. The Hall–Kier alpha value is -1.28. The molecule has 148 valence electrons. The second-order valence-corrected chi connectivity index (χ2v) is 8.38. The highest BCUT2D eigenvalue weighted by atomic mass is 32.2. The van der Waals surface area contributed by atoms with Gasteiger partial charge in [-0.2, -0.15) is 12.8 Å². The van der Waals surface area contributed by atoms with E-state index in [4.69, 9.17) is 8.92 Å². The Morgan fingerprint density at radius 1 is 1.08 bits per heavy atom. The molecular weight excluding hydrogens is 369 g/mol. The summed E-state index contributed by atoms with van der Waals surface area (Å²) >= 11 is 0. The summed E-state index contributed by atoms with van der Waals surface area (Å²) < 4.78 is 72.7. The highest BCUT2D eigenvalue weighted by molar-refractivity contribution is 7.85. The van der Waals surface area contributed by atoms with E-state index < -0.39 is 28.4 Å². The van der Waals surface area contributed by atoms with Crippen LogP contribution in [-0.4, -0.2) is 34.6 Å². The van der Waals surface area contributed by atoms with Gasteiger partial charge in [0.2, 0.25) is 5.82 Å². The summed E-state index contributed by atoms with van der Waals surface area (Å²) in [6, 6.07) is 2.96. The van der Waals surface area contributed by atoms with Crippen molar-refractivity contribution in [1.82, 2.24) is 0 Å². The van der Waals surface area contributed by atoms with Gasteiger partial charge in [0.25, 0.3) is 10.1 Å². The van der Waals surface area contributed by atoms with Crippen molar-refractivity contribution >= 4 is 10.1 Å². The fourth-order valence-corrected chi connectivity index (χ4v) is 3.65. The number of hydrogen-bond acceptors (Lipinski definition) is 4. The molecule has 1 aliphatic carbocycles. The molecule has 0 heterocycles. The third kappa shape index (κ3) is 6.16. The Bertz CT molecular complexity index is 686. The largest absolute Gasteiger partial charge is 0.490 e. The van der Waals surface area contributed by atoms with Gasteiger partial charge in [0.05, 0.1) is 26.1 Å². The zero-order valence-electron chi connectivity index (χ0n) is 14.8. The van der Waals surface area contributed by atoms with Crippen LogP contribution in [0, 0.1) is 17.6 Å². The maximum absolute atomic E-state index is 14.4. The first-order valence-corrected chi connectivity index (χ1v) is 10.6. The van der Waals surface area contributed by atoms with Crippen molar-refractivity contribution in [2.45, 2.75) is 44.4 Å². The average molecular weight is 394 g/mol. The minimum Gasteiger partial charge on any atom is -0.490 e. The highest BCUT2D eigenvalue weighted by Crippen LogP contribution is 2.38. The normalized spacial score (nSPS) is 20.9. The molecule has 4 nitrogen and oxygen atoms in total. The first-order valence-electron chi connectivity index (χ1n) is 8.83. The first-order chi connectivity index (χ1) is 12.3. The Morgan fingerprint density at radius 2 is 1.77 bits per heavy atom. The van der Waals surface area contributed by atoms with Crippen LogP contribution in [0.1, 0.15) is 50.0 Å². The molecule has 0 atom stereocenters. The summed E-state index contributed by atoms with van der Waals surface area (Å²) in [6.45, 7) is -0.184. The van der Waals surface area contributed by atoms with Gasteiger partial charge >= 0.3 is 0 Å². The molecule has 0 spiro atoms. The molecule has 0 aromatic heterocycles. The summed E-state index contributed by atoms with van der Waals surface area (Å²) in [7, 11) is -3.46. The number of hydrogen-bond donors (Lipinski definition) is 0. The Labute approximate surface area is 152 Å². The van der Waals surface area contributed by atoms with Crippen molar-refractivity contribution in [3.05, 3.63) is 29.3 Å². The minimum absolute atomic E-state index is 0.104. The summed E-state index contributed by atoms with van der Waals surface area (Å²) in [4.78, 5) is 0. The van der Waals surface area contributed by atoms with Crippen molar-refractivity contribution in [2.24, 2.45) is 5.92 Å². The maximum atomic E-state index is 14.4. The smallest absolute Gasteiger partial charge is 0.264 e. The van der Waals surface area contributed by atoms with Crippen molar-refractivity contribution in [3.8, 4) is 5.75 Å². The number of ether oxygens (including phenoxy) is 1. The van der Waals surface area contributed by atoms with Gasteiger partial charge in [-0.05, 0) is 62.0 Å². The molecule has 2 rings (SSSR count). The second kappa shape index (κ2) is 9.60. The van der Waals surface area contributed by atoms with E-state index in [1.807, 2.05) is 0 Å². The molecule has 0 unspecified atom stereocenters. The highest BCUT2D eigenvalue weighted by Gasteiger charge is 2.27. The molecule has 0 saturated heterocycles. The monoisotopic (exact) mass is 394 g/mol. The topological polar surface area (TPSA) is 52.6 Å². The van der Waals surface area contributed by atoms with Crippen LogP contribution in [0.4, 0.5) is 13.2 Å². The summed E-state index contributed by atoms with van der Waals surface area (Å²) in [5, 5.41) is 0. The van der Waals surface area contributed by atoms with Crippen LogP contribution in [0.15, 0.2) is 12.1 Å². The van der Waals surface area contributed by atoms with E-state index in [2.05, 4.69) is 0 Å². The lowest BCUT2D eigenvalue weighted by Crippen LogP contribution is -2.20. The lowest BCUT2D eigenvalue weighted by Gasteiger charge is -2.28. The number of unbranched alkanes of at least 4 members (excludes halogenated alkanes) is 1. The van der Waals surface area contributed by atoms with E-state index in [9.17, 15) is 21.6 Å². The molecule has 0 amide bonds. The molecule has 0 bridgehead atoms. The van der Waals surface area contributed by atoms with E-state index in [0.29, 0.717) is 44.1 Å². The zero-order chi connectivity index (χ0) is 19.2. The molecule has 0 N–H and O–H groups in total. The minimum atomic E-state index is -3.46. The predicted octanol–water partition coefficient (Wildman–Crippen LogP) is 4.34. The molecule has 0 radical (unpaired) electrons. The van der Waals surface area contributed by atoms with E-state index in [1.165, 1.54) is 6.07 Å². The fraction of sp³-hybridized carbons (Fsp3) is 0.667. The zero-order valence-corrected chi connectivity index (χ0v) is 15.7. The SMILES string of the molecule is CS(=O)(=O)OCC1CCC(c2ccc(OCCCCF)c(F)c2F)CC1. The van der Waals surface area contributed by atoms with Gasteiger partial charge in [-0.25, -0.2) is 4.39 Å². The van der Waals surface area contributed by atoms with Crippen LogP contribution in [0.25, 0.3) is 0 Å². The molecule has 26 heavy (non-hydrogen) atoms. The van der Waals surface area contributed by atoms with Gasteiger partial charge in [0.15, 0.2) is 11.6 Å². The quantitative estimate of drug-likeness (QED) is 0.462. The van der Waals surface area contributed by atoms with E-state index >= 15 is 0 Å². The van der Waals surface area contributed by atoms with Gasteiger partial charge in [-0.1, -0.05) is 6.07 Å². The summed E-state index contributed by atoms with van der Waals surface area (Å²) in [5.74, 6) is -2.07. The van der Waals surface area contributed by atoms with Gasteiger partial charge in [-0.3, -0.25) is 8.57 Å². The Balaban J connectivity index is 1.92. The van der Waals surface area contributed by atoms with Crippen molar-refractivity contribution in [1.29, 1.82) is 0 Å². The molecule has 1 fully saturated rings. The van der Waals surface area contributed by atoms with Gasteiger partial charge in [0.1, 0.15) is 0 Å². The predicted molar refractivity (Wildman–Crippen MR) is 92.6 cm³/mol. The van der Waals surface area contributed by atoms with E-state index in [1.54, 1.807) is 6.07 Å². The third-order valence-electron chi connectivity index (χ3n) is 4.67. The van der Waals surface area contributed by atoms with Crippen molar-refractivity contribution < 1.29 is 30.5 Å². The number of alkyl halides is 1. The number of rotatable bonds is 9. The Morgan fingerprint density at radius 3 is 2.38 bits per heavy atom. The van der Waals surface area contributed by atoms with Crippen molar-refractivity contribution in [2.75, 3.05) is 26.1 Å². The average Bonchev–Trinajstić information content (AvgIpc) is 2.60. The molecule has 1 aromatic rings. The van der Waals surface area contributed by atoms with Crippen LogP contribution >= 0.6 is 0 Å². The lowest BCUT2D eigenvalue weighted by atomic mass is 9.79. The van der Waals surface area contributed by atoms with Crippen LogP contribution in [0.3, 0.4) is 0 Å².